The summed E-state index contributed by atoms with van der Waals surface area (Å²) in [6.45, 7) is 5.94. The predicted molar refractivity (Wildman–Crippen MR) is 95.2 cm³/mol. The maximum Gasteiger partial charge on any atom is 0.130 e. The van der Waals surface area contributed by atoms with Crippen LogP contribution in [0.15, 0.2) is 54.6 Å². The molecule has 0 amide bonds. The fourth-order valence-corrected chi connectivity index (χ4v) is 2.99. The van der Waals surface area contributed by atoms with E-state index in [-0.39, 0.29) is 0 Å². The van der Waals surface area contributed by atoms with Gasteiger partial charge in [-0.2, -0.15) is 0 Å². The number of likely N-dealkylation sites (N-methyl/N-ethyl adjacent to an activating group) is 1. The third-order valence-electron chi connectivity index (χ3n) is 4.46. The van der Waals surface area contributed by atoms with Crippen LogP contribution in [0.4, 0.5) is 0 Å². The first-order chi connectivity index (χ1) is 11.3. The molecule has 1 saturated heterocycles. The van der Waals surface area contributed by atoms with Crippen LogP contribution < -0.4 is 4.74 Å². The molecule has 3 heteroatoms. The van der Waals surface area contributed by atoms with E-state index in [0.29, 0.717) is 0 Å². The average molecular weight is 310 g/mol. The van der Waals surface area contributed by atoms with Crippen LogP contribution in [0, 0.1) is 0 Å². The highest BCUT2D eigenvalue weighted by Gasteiger charge is 2.13. The van der Waals surface area contributed by atoms with Crippen LogP contribution in [0.5, 0.6) is 11.5 Å². The third-order valence-corrected chi connectivity index (χ3v) is 4.46. The first kappa shape index (κ1) is 16.0. The van der Waals surface area contributed by atoms with Gasteiger partial charge in [0.2, 0.25) is 0 Å². The fraction of sp³-hybridized carbons (Fsp3) is 0.400. The fourth-order valence-electron chi connectivity index (χ4n) is 2.99. The van der Waals surface area contributed by atoms with Crippen molar-refractivity contribution in [1.82, 2.24) is 9.80 Å². The van der Waals surface area contributed by atoms with Gasteiger partial charge in [0.05, 0.1) is 0 Å². The number of benzene rings is 2. The molecule has 2 aromatic rings. The van der Waals surface area contributed by atoms with Crippen LogP contribution >= 0.6 is 0 Å². The molecule has 0 atom stereocenters. The van der Waals surface area contributed by atoms with Gasteiger partial charge in [0.1, 0.15) is 11.5 Å². The summed E-state index contributed by atoms with van der Waals surface area (Å²) in [5.74, 6) is 1.89. The highest BCUT2D eigenvalue weighted by atomic mass is 16.5. The molecule has 0 aromatic heterocycles. The minimum atomic E-state index is 0.902. The molecule has 0 aliphatic carbocycles. The summed E-state index contributed by atoms with van der Waals surface area (Å²) in [6, 6.07) is 18.4. The molecular formula is C20H26N2O. The Kier molecular flexibility index (Phi) is 5.67. The molecule has 3 rings (SSSR count). The summed E-state index contributed by atoms with van der Waals surface area (Å²) >= 11 is 0. The molecule has 23 heavy (non-hydrogen) atoms. The minimum Gasteiger partial charge on any atom is -0.457 e. The standard InChI is InChI=1S/C20H26N2O/c1-21-14-16-22(17-15-21)13-7-9-18-8-5-6-12-20(18)23-19-10-3-2-4-11-19/h2-6,8,10-12H,7,9,13-17H2,1H3. The lowest BCUT2D eigenvalue weighted by atomic mass is 10.1. The second-order valence-corrected chi connectivity index (χ2v) is 6.27. The van der Waals surface area contributed by atoms with E-state index in [9.17, 15) is 0 Å². The largest absolute Gasteiger partial charge is 0.457 e. The summed E-state index contributed by atoms with van der Waals surface area (Å²) < 4.78 is 6.05. The molecule has 0 spiro atoms. The Labute approximate surface area is 139 Å². The predicted octanol–water partition coefficient (Wildman–Crippen LogP) is 3.66. The van der Waals surface area contributed by atoms with Crippen LogP contribution in [0.2, 0.25) is 0 Å². The first-order valence-corrected chi connectivity index (χ1v) is 8.53. The van der Waals surface area contributed by atoms with Crippen LogP contribution in [0.25, 0.3) is 0 Å². The number of para-hydroxylation sites is 2. The van der Waals surface area contributed by atoms with Crippen molar-refractivity contribution < 1.29 is 4.74 Å². The topological polar surface area (TPSA) is 15.7 Å². The first-order valence-electron chi connectivity index (χ1n) is 8.53. The SMILES string of the molecule is CN1CCN(CCCc2ccccc2Oc2ccccc2)CC1. The number of nitrogens with zero attached hydrogens (tertiary/aromatic N) is 2. The molecule has 1 aliphatic heterocycles. The van der Waals surface area contributed by atoms with Gasteiger partial charge in [0, 0.05) is 26.2 Å². The van der Waals surface area contributed by atoms with E-state index in [1.165, 1.54) is 44.7 Å². The Balaban J connectivity index is 1.53. The van der Waals surface area contributed by atoms with Gasteiger partial charge < -0.3 is 14.5 Å². The summed E-state index contributed by atoms with van der Waals surface area (Å²) in [7, 11) is 2.20. The number of piperazine rings is 1. The van der Waals surface area contributed by atoms with E-state index in [1.54, 1.807) is 0 Å². The quantitative estimate of drug-likeness (QED) is 0.810. The molecule has 1 fully saturated rings. The Morgan fingerprint density at radius 1 is 0.870 bits per heavy atom. The van der Waals surface area contributed by atoms with E-state index < -0.39 is 0 Å². The second kappa shape index (κ2) is 8.14. The van der Waals surface area contributed by atoms with Crippen LogP contribution in [0.3, 0.4) is 0 Å². The van der Waals surface area contributed by atoms with Crippen LogP contribution in [-0.4, -0.2) is 49.6 Å². The van der Waals surface area contributed by atoms with Crippen LogP contribution in [-0.2, 0) is 6.42 Å². The van der Waals surface area contributed by atoms with Crippen molar-refractivity contribution >= 4 is 0 Å². The molecule has 0 N–H and O–H groups in total. The molecule has 1 aliphatic rings. The van der Waals surface area contributed by atoms with Gasteiger partial charge in [-0.25, -0.2) is 0 Å². The van der Waals surface area contributed by atoms with Crippen molar-refractivity contribution in [2.45, 2.75) is 12.8 Å². The number of aryl methyl sites for hydroxylation is 1. The Morgan fingerprint density at radius 3 is 2.35 bits per heavy atom. The molecule has 3 nitrogen and oxygen atoms in total. The molecule has 0 unspecified atom stereocenters. The normalized spacial score (nSPS) is 16.4. The highest BCUT2D eigenvalue weighted by molar-refractivity contribution is 5.37. The molecule has 1 heterocycles. The van der Waals surface area contributed by atoms with E-state index in [4.69, 9.17) is 4.74 Å². The summed E-state index contributed by atoms with van der Waals surface area (Å²) in [6.07, 6.45) is 2.24. The summed E-state index contributed by atoms with van der Waals surface area (Å²) in [4.78, 5) is 4.97. The van der Waals surface area contributed by atoms with Crippen molar-refractivity contribution in [1.29, 1.82) is 0 Å². The van der Waals surface area contributed by atoms with Crippen LogP contribution in [0.1, 0.15) is 12.0 Å². The molecule has 122 valence electrons. The lowest BCUT2D eigenvalue weighted by Crippen LogP contribution is -2.44. The number of rotatable bonds is 6. The molecular weight excluding hydrogens is 284 g/mol. The molecule has 2 aromatic carbocycles. The lowest BCUT2D eigenvalue weighted by Gasteiger charge is -2.32. The maximum absolute atomic E-state index is 6.05. The van der Waals surface area contributed by atoms with E-state index >= 15 is 0 Å². The lowest BCUT2D eigenvalue weighted by molar-refractivity contribution is 0.153. The van der Waals surface area contributed by atoms with E-state index in [2.05, 4.69) is 35.0 Å². The minimum absolute atomic E-state index is 0.902. The zero-order chi connectivity index (χ0) is 15.9. The number of hydrogen-bond donors (Lipinski definition) is 0. The van der Waals surface area contributed by atoms with Crippen molar-refractivity contribution in [3.8, 4) is 11.5 Å². The van der Waals surface area contributed by atoms with Crippen molar-refractivity contribution in [3.63, 3.8) is 0 Å². The molecule has 0 bridgehead atoms. The molecule has 0 saturated carbocycles. The van der Waals surface area contributed by atoms with Gasteiger partial charge in [0.15, 0.2) is 0 Å². The van der Waals surface area contributed by atoms with Crippen molar-refractivity contribution in [2.24, 2.45) is 0 Å². The van der Waals surface area contributed by atoms with Gasteiger partial charge in [0.25, 0.3) is 0 Å². The average Bonchev–Trinajstić information content (AvgIpc) is 2.59. The summed E-state index contributed by atoms with van der Waals surface area (Å²) in [5.41, 5.74) is 1.30. The van der Waals surface area contributed by atoms with Crippen molar-refractivity contribution in [3.05, 3.63) is 60.2 Å². The van der Waals surface area contributed by atoms with Crippen molar-refractivity contribution in [2.75, 3.05) is 39.8 Å². The van der Waals surface area contributed by atoms with E-state index in [0.717, 1.165) is 17.9 Å². The van der Waals surface area contributed by atoms with Gasteiger partial charge in [-0.1, -0.05) is 36.4 Å². The smallest absolute Gasteiger partial charge is 0.130 e. The Morgan fingerprint density at radius 2 is 1.57 bits per heavy atom. The maximum atomic E-state index is 6.05. The third kappa shape index (κ3) is 4.81. The van der Waals surface area contributed by atoms with E-state index in [1.807, 2.05) is 36.4 Å². The zero-order valence-corrected chi connectivity index (χ0v) is 13.9. The Hall–Kier alpha value is -1.84. The monoisotopic (exact) mass is 310 g/mol. The van der Waals surface area contributed by atoms with Gasteiger partial charge in [-0.15, -0.1) is 0 Å². The second-order valence-electron chi connectivity index (χ2n) is 6.27. The van der Waals surface area contributed by atoms with Gasteiger partial charge in [-0.3, -0.25) is 0 Å². The number of hydrogen-bond acceptors (Lipinski definition) is 3. The van der Waals surface area contributed by atoms with Gasteiger partial charge >= 0.3 is 0 Å². The summed E-state index contributed by atoms with van der Waals surface area (Å²) in [5, 5.41) is 0. The highest BCUT2D eigenvalue weighted by Crippen LogP contribution is 2.26. The Bertz CT molecular complexity index is 592. The zero-order valence-electron chi connectivity index (χ0n) is 13.9. The van der Waals surface area contributed by atoms with Gasteiger partial charge in [-0.05, 0) is 50.2 Å². The molecule has 0 radical (unpaired) electrons. The number of ether oxygens (including phenoxy) is 1.